The van der Waals surface area contributed by atoms with Gasteiger partial charge in [0.05, 0.1) is 0 Å². The molecule has 0 unspecified atom stereocenters. The third-order valence-electron chi connectivity index (χ3n) is 4.54. The Morgan fingerprint density at radius 2 is 1.52 bits per heavy atom. The zero-order chi connectivity index (χ0) is 15.9. The van der Waals surface area contributed by atoms with E-state index >= 15 is 0 Å². The second-order valence-corrected chi connectivity index (χ2v) is 6.33. The third-order valence-corrected chi connectivity index (χ3v) is 4.54. The number of rotatable bonds is 4. The van der Waals surface area contributed by atoms with Crippen molar-refractivity contribution in [3.05, 3.63) is 77.9 Å². The minimum atomic E-state index is 0.998. The van der Waals surface area contributed by atoms with Crippen molar-refractivity contribution in [3.63, 3.8) is 0 Å². The minimum Gasteiger partial charge on any atom is -0.294 e. The Balaban J connectivity index is 1.68. The van der Waals surface area contributed by atoms with E-state index in [9.17, 15) is 0 Å². The molecule has 0 saturated carbocycles. The maximum absolute atomic E-state index is 4.78. The van der Waals surface area contributed by atoms with Crippen molar-refractivity contribution in [2.24, 2.45) is 4.99 Å². The number of nitrogens with zero attached hydrogens (tertiary/aromatic N) is 1. The molecule has 1 aliphatic rings. The van der Waals surface area contributed by atoms with Crippen molar-refractivity contribution in [2.75, 3.05) is 6.54 Å². The van der Waals surface area contributed by atoms with Gasteiger partial charge in [0.2, 0.25) is 0 Å². The molecule has 0 bridgehead atoms. The lowest BCUT2D eigenvalue weighted by Gasteiger charge is -2.12. The average Bonchev–Trinajstić information content (AvgIpc) is 2.58. The van der Waals surface area contributed by atoms with Crippen LogP contribution in [0.4, 0.5) is 0 Å². The largest absolute Gasteiger partial charge is 0.294 e. The van der Waals surface area contributed by atoms with Gasteiger partial charge in [-0.2, -0.15) is 0 Å². The molecule has 1 heterocycles. The SMILES string of the molecule is C=C(c1ccccc1)c1ccc(CC2=NCCCCCC2)cc1. The van der Waals surface area contributed by atoms with Crippen LogP contribution in [0.2, 0.25) is 0 Å². The Kier molecular flexibility index (Phi) is 5.42. The molecule has 118 valence electrons. The highest BCUT2D eigenvalue weighted by Gasteiger charge is 2.06. The number of aliphatic imine (C=N–C) groups is 1. The molecule has 0 saturated heterocycles. The molecule has 2 aromatic rings. The summed E-state index contributed by atoms with van der Waals surface area (Å²) in [6.45, 7) is 5.25. The molecular formula is C22H25N. The molecular weight excluding hydrogens is 278 g/mol. The normalized spacial score (nSPS) is 15.4. The van der Waals surface area contributed by atoms with E-state index in [0.29, 0.717) is 0 Å². The summed E-state index contributed by atoms with van der Waals surface area (Å²) in [5.74, 6) is 0. The summed E-state index contributed by atoms with van der Waals surface area (Å²) in [5, 5.41) is 0. The molecule has 0 atom stereocenters. The fraction of sp³-hybridized carbons (Fsp3) is 0.318. The first-order valence-electron chi connectivity index (χ1n) is 8.69. The highest BCUT2D eigenvalue weighted by Crippen LogP contribution is 2.22. The second kappa shape index (κ2) is 7.92. The number of benzene rings is 2. The fourth-order valence-electron chi connectivity index (χ4n) is 3.12. The monoisotopic (exact) mass is 303 g/mol. The van der Waals surface area contributed by atoms with Gasteiger partial charge >= 0.3 is 0 Å². The molecule has 0 aliphatic carbocycles. The summed E-state index contributed by atoms with van der Waals surface area (Å²) >= 11 is 0. The van der Waals surface area contributed by atoms with Crippen LogP contribution in [-0.4, -0.2) is 12.3 Å². The Bertz CT molecular complexity index is 665. The zero-order valence-corrected chi connectivity index (χ0v) is 13.8. The standard InChI is InChI=1S/C22H25N/c1-18(20-9-5-4-6-10-20)21-14-12-19(13-15-21)17-22-11-7-2-3-8-16-23-22/h4-6,9-10,12-15H,1-3,7-8,11,16-17H2. The third kappa shape index (κ3) is 4.41. The van der Waals surface area contributed by atoms with Gasteiger partial charge < -0.3 is 0 Å². The van der Waals surface area contributed by atoms with Crippen molar-refractivity contribution < 1.29 is 0 Å². The summed E-state index contributed by atoms with van der Waals surface area (Å²) in [4.78, 5) is 4.78. The molecule has 0 fully saturated rings. The lowest BCUT2D eigenvalue weighted by molar-refractivity contribution is 0.641. The predicted octanol–water partition coefficient (Wildman–Crippen LogP) is 5.70. The molecule has 3 rings (SSSR count). The highest BCUT2D eigenvalue weighted by molar-refractivity contribution is 5.87. The Morgan fingerprint density at radius 3 is 2.30 bits per heavy atom. The lowest BCUT2D eigenvalue weighted by atomic mass is 9.96. The second-order valence-electron chi connectivity index (χ2n) is 6.33. The molecule has 1 heteroatoms. The van der Waals surface area contributed by atoms with E-state index < -0.39 is 0 Å². The van der Waals surface area contributed by atoms with E-state index in [1.165, 1.54) is 54.5 Å². The van der Waals surface area contributed by atoms with Crippen molar-refractivity contribution in [2.45, 2.75) is 38.5 Å². The van der Waals surface area contributed by atoms with Crippen LogP contribution in [-0.2, 0) is 6.42 Å². The van der Waals surface area contributed by atoms with Gasteiger partial charge in [-0.15, -0.1) is 0 Å². The topological polar surface area (TPSA) is 12.4 Å². The van der Waals surface area contributed by atoms with Crippen molar-refractivity contribution in [1.82, 2.24) is 0 Å². The maximum Gasteiger partial charge on any atom is 0.0388 e. The Hall–Kier alpha value is -2.15. The maximum atomic E-state index is 4.78. The van der Waals surface area contributed by atoms with Gasteiger partial charge in [-0.25, -0.2) is 0 Å². The van der Waals surface area contributed by atoms with Gasteiger partial charge in [0, 0.05) is 18.7 Å². The molecule has 2 aromatic carbocycles. The van der Waals surface area contributed by atoms with E-state index in [0.717, 1.165) is 18.5 Å². The first kappa shape index (κ1) is 15.7. The Morgan fingerprint density at radius 1 is 0.826 bits per heavy atom. The minimum absolute atomic E-state index is 0.998. The fourth-order valence-corrected chi connectivity index (χ4v) is 3.12. The molecule has 0 spiro atoms. The predicted molar refractivity (Wildman–Crippen MR) is 100 cm³/mol. The van der Waals surface area contributed by atoms with Crippen LogP contribution in [0.3, 0.4) is 0 Å². The van der Waals surface area contributed by atoms with Crippen LogP contribution in [0, 0.1) is 0 Å². The first-order chi connectivity index (χ1) is 11.3. The average molecular weight is 303 g/mol. The molecule has 23 heavy (non-hydrogen) atoms. The number of hydrogen-bond donors (Lipinski definition) is 0. The van der Waals surface area contributed by atoms with Gasteiger partial charge in [0.25, 0.3) is 0 Å². The summed E-state index contributed by atoms with van der Waals surface area (Å²) in [6.07, 6.45) is 7.40. The van der Waals surface area contributed by atoms with Crippen molar-refractivity contribution in [1.29, 1.82) is 0 Å². The zero-order valence-electron chi connectivity index (χ0n) is 13.8. The van der Waals surface area contributed by atoms with Gasteiger partial charge in [-0.3, -0.25) is 4.99 Å². The molecule has 0 amide bonds. The van der Waals surface area contributed by atoms with Gasteiger partial charge in [-0.1, -0.05) is 74.0 Å². The summed E-state index contributed by atoms with van der Waals surface area (Å²) in [5.41, 5.74) is 6.19. The lowest BCUT2D eigenvalue weighted by Crippen LogP contribution is -2.07. The van der Waals surface area contributed by atoms with E-state index in [2.05, 4.69) is 55.1 Å². The van der Waals surface area contributed by atoms with Crippen LogP contribution in [0.5, 0.6) is 0 Å². The van der Waals surface area contributed by atoms with Gasteiger partial charge in [0.1, 0.15) is 0 Å². The van der Waals surface area contributed by atoms with E-state index in [4.69, 9.17) is 4.99 Å². The number of hydrogen-bond acceptors (Lipinski definition) is 1. The molecule has 0 aromatic heterocycles. The molecule has 1 aliphatic heterocycles. The molecule has 0 N–H and O–H groups in total. The summed E-state index contributed by atoms with van der Waals surface area (Å²) in [6, 6.07) is 19.2. The van der Waals surface area contributed by atoms with E-state index in [-0.39, 0.29) is 0 Å². The Labute approximate surface area is 139 Å². The first-order valence-corrected chi connectivity index (χ1v) is 8.69. The van der Waals surface area contributed by atoms with Crippen LogP contribution >= 0.6 is 0 Å². The van der Waals surface area contributed by atoms with Gasteiger partial charge in [0.15, 0.2) is 0 Å². The van der Waals surface area contributed by atoms with E-state index in [1.54, 1.807) is 0 Å². The smallest absolute Gasteiger partial charge is 0.0388 e. The van der Waals surface area contributed by atoms with E-state index in [1.807, 2.05) is 6.07 Å². The van der Waals surface area contributed by atoms with Crippen LogP contribution < -0.4 is 0 Å². The quantitative estimate of drug-likeness (QED) is 0.687. The summed E-state index contributed by atoms with van der Waals surface area (Å²) in [7, 11) is 0. The van der Waals surface area contributed by atoms with Crippen LogP contribution in [0.25, 0.3) is 5.57 Å². The summed E-state index contributed by atoms with van der Waals surface area (Å²) < 4.78 is 0. The van der Waals surface area contributed by atoms with Gasteiger partial charge in [-0.05, 0) is 41.5 Å². The molecule has 1 nitrogen and oxygen atoms in total. The molecule has 0 radical (unpaired) electrons. The highest BCUT2D eigenvalue weighted by atomic mass is 14.7. The van der Waals surface area contributed by atoms with Crippen molar-refractivity contribution in [3.8, 4) is 0 Å². The van der Waals surface area contributed by atoms with Crippen LogP contribution in [0.15, 0.2) is 66.2 Å². The van der Waals surface area contributed by atoms with Crippen LogP contribution in [0.1, 0.15) is 48.8 Å². The van der Waals surface area contributed by atoms with Crippen molar-refractivity contribution >= 4 is 11.3 Å².